The molecule has 0 aromatic rings. The summed E-state index contributed by atoms with van der Waals surface area (Å²) in [6.07, 6.45) is 7.45. The molecule has 0 aromatic heterocycles. The first-order valence-corrected chi connectivity index (χ1v) is 19.2. The molecule has 0 spiro atoms. The van der Waals surface area contributed by atoms with E-state index >= 15 is 0 Å². The van der Waals surface area contributed by atoms with Gasteiger partial charge < -0.3 is 20.1 Å². The number of esters is 1. The standard InChI is InChI=1S/C42H74N2O5/c1-18-28(27(3)4)32-29-20-21-41(14)37(9,10)40(13,36(7,8)30(19-2)49-31(45)26-35(5,6)33(46)47)24-25-42(41,15)38(29,11)22-23-39(32,12)43-34(48)44(16)17/h28-30,32H,3,18-26H2,1-2,4-17H3,(H,43,48)(H,46,47)/t28-,29?,30-,32+,38+,39?,40-,41+,42-/m0/s1. The molecule has 2 N–H and O–H groups in total. The lowest BCUT2D eigenvalue weighted by molar-refractivity contribution is -0.299. The molecule has 3 aliphatic carbocycles. The van der Waals surface area contributed by atoms with Crippen LogP contribution in [0.25, 0.3) is 0 Å². The molecular weight excluding hydrogens is 612 g/mol. The third-order valence-electron chi connectivity index (χ3n) is 16.8. The highest BCUT2D eigenvalue weighted by Gasteiger charge is 2.75. The maximum Gasteiger partial charge on any atom is 0.317 e. The van der Waals surface area contributed by atoms with Crippen LogP contribution in [-0.4, -0.2) is 53.7 Å². The van der Waals surface area contributed by atoms with Crippen molar-refractivity contribution in [2.75, 3.05) is 14.1 Å². The van der Waals surface area contributed by atoms with E-state index in [0.29, 0.717) is 18.3 Å². The van der Waals surface area contributed by atoms with Gasteiger partial charge in [0.15, 0.2) is 0 Å². The van der Waals surface area contributed by atoms with Crippen molar-refractivity contribution in [3.05, 3.63) is 12.2 Å². The van der Waals surface area contributed by atoms with Gasteiger partial charge in [-0.15, -0.1) is 0 Å². The van der Waals surface area contributed by atoms with Crippen molar-refractivity contribution in [2.45, 2.75) is 166 Å². The van der Waals surface area contributed by atoms with E-state index in [9.17, 15) is 19.5 Å². The van der Waals surface area contributed by atoms with Gasteiger partial charge in [-0.05, 0) is 124 Å². The number of hydrogen-bond donors (Lipinski definition) is 2. The number of rotatable bonds is 11. The first-order chi connectivity index (χ1) is 22.1. The van der Waals surface area contributed by atoms with Gasteiger partial charge in [0.2, 0.25) is 0 Å². The molecule has 3 fully saturated rings. The normalized spacial score (nSPS) is 37.1. The number of aliphatic carboxylic acids is 1. The van der Waals surface area contributed by atoms with Crippen LogP contribution in [-0.2, 0) is 14.3 Å². The molecule has 0 heterocycles. The molecule has 9 atom stereocenters. The number of fused-ring (bicyclic) bond motifs is 3. The van der Waals surface area contributed by atoms with Crippen molar-refractivity contribution >= 4 is 18.0 Å². The molecule has 0 aromatic carbocycles. The summed E-state index contributed by atoms with van der Waals surface area (Å²) in [4.78, 5) is 40.0. The van der Waals surface area contributed by atoms with Gasteiger partial charge in [0, 0.05) is 25.0 Å². The molecule has 0 radical (unpaired) electrons. The highest BCUT2D eigenvalue weighted by Crippen LogP contribution is 2.81. The highest BCUT2D eigenvalue weighted by molar-refractivity contribution is 5.81. The van der Waals surface area contributed by atoms with Crippen LogP contribution in [0.3, 0.4) is 0 Å². The fraction of sp³-hybridized carbons (Fsp3) is 0.881. The maximum atomic E-state index is 13.3. The Balaban J connectivity index is 2.09. The molecule has 2 amide bonds. The number of carbonyl (C=O) groups is 3. The topological polar surface area (TPSA) is 95.9 Å². The van der Waals surface area contributed by atoms with E-state index in [1.165, 1.54) is 5.57 Å². The fourth-order valence-corrected chi connectivity index (χ4v) is 12.2. The first-order valence-electron chi connectivity index (χ1n) is 19.2. The molecule has 282 valence electrons. The molecule has 7 nitrogen and oxygen atoms in total. The molecule has 3 saturated carbocycles. The number of nitrogens with one attached hydrogen (secondary N) is 1. The van der Waals surface area contributed by atoms with Gasteiger partial charge in [0.05, 0.1) is 11.8 Å². The zero-order valence-electron chi connectivity index (χ0n) is 34.4. The zero-order chi connectivity index (χ0) is 38.0. The predicted molar refractivity (Wildman–Crippen MR) is 200 cm³/mol. The fourth-order valence-electron chi connectivity index (χ4n) is 12.2. The molecule has 3 aliphatic rings. The Bertz CT molecular complexity index is 1300. The third kappa shape index (κ3) is 6.07. The number of nitrogens with zero attached hydrogens (tertiary/aromatic N) is 1. The molecule has 7 heteroatoms. The number of allylic oxidation sites excluding steroid dienone is 1. The second-order valence-corrected chi connectivity index (χ2v) is 19.8. The van der Waals surface area contributed by atoms with Gasteiger partial charge in [-0.3, -0.25) is 9.59 Å². The molecule has 0 aliphatic heterocycles. The van der Waals surface area contributed by atoms with E-state index in [2.05, 4.69) is 95.0 Å². The molecule has 3 rings (SSSR count). The molecule has 2 unspecified atom stereocenters. The van der Waals surface area contributed by atoms with Crippen LogP contribution in [0.4, 0.5) is 4.79 Å². The lowest BCUT2D eigenvalue weighted by Gasteiger charge is -2.78. The summed E-state index contributed by atoms with van der Waals surface area (Å²) in [7, 11) is 3.65. The molecular formula is C42H74N2O5. The smallest absolute Gasteiger partial charge is 0.317 e. The Labute approximate surface area is 300 Å². The zero-order valence-corrected chi connectivity index (χ0v) is 34.4. The SMILES string of the molecule is C=C(C)[C@H](CC)[C@@H]1C2CC[C@]3(C)C(C)(C)[C@](C)(C(C)(C)[C@H](CC)OC(=O)CC(C)(C)C(=O)O)CC[C@@]3(C)[C@]2(C)CCC1(C)NC(=O)N(C)C. The van der Waals surface area contributed by atoms with E-state index < -0.39 is 17.4 Å². The Kier molecular flexibility index (Phi) is 11.1. The monoisotopic (exact) mass is 687 g/mol. The average Bonchev–Trinajstić information content (AvgIpc) is 2.97. The summed E-state index contributed by atoms with van der Waals surface area (Å²) in [5.74, 6) is -0.395. The number of amides is 2. The Morgan fingerprint density at radius 3 is 1.94 bits per heavy atom. The van der Waals surface area contributed by atoms with Crippen LogP contribution in [0.15, 0.2) is 12.2 Å². The number of carboxylic acids is 1. The Hall–Kier alpha value is -2.05. The van der Waals surface area contributed by atoms with Crippen LogP contribution in [0.5, 0.6) is 0 Å². The van der Waals surface area contributed by atoms with Gasteiger partial charge in [0.25, 0.3) is 0 Å². The van der Waals surface area contributed by atoms with E-state index in [4.69, 9.17) is 4.74 Å². The number of urea groups is 1. The summed E-state index contributed by atoms with van der Waals surface area (Å²) < 4.78 is 6.26. The van der Waals surface area contributed by atoms with Crippen LogP contribution >= 0.6 is 0 Å². The molecule has 0 saturated heterocycles. The summed E-state index contributed by atoms with van der Waals surface area (Å²) >= 11 is 0. The minimum atomic E-state index is -1.18. The highest BCUT2D eigenvalue weighted by atomic mass is 16.5. The summed E-state index contributed by atoms with van der Waals surface area (Å²) in [6.45, 7) is 36.3. The number of carbonyl (C=O) groups excluding carboxylic acids is 2. The van der Waals surface area contributed by atoms with Gasteiger partial charge in [0.1, 0.15) is 6.10 Å². The number of carboxylic acid groups (broad SMARTS) is 1. The number of hydrogen-bond acceptors (Lipinski definition) is 4. The van der Waals surface area contributed by atoms with Gasteiger partial charge in [-0.25, -0.2) is 4.79 Å². The summed E-state index contributed by atoms with van der Waals surface area (Å²) in [6, 6.07) is -0.0194. The van der Waals surface area contributed by atoms with E-state index in [1.54, 1.807) is 18.7 Å². The predicted octanol–water partition coefficient (Wildman–Crippen LogP) is 10.1. The average molecular weight is 687 g/mol. The second kappa shape index (κ2) is 13.2. The van der Waals surface area contributed by atoms with Crippen molar-refractivity contribution in [3.63, 3.8) is 0 Å². The molecule has 49 heavy (non-hydrogen) atoms. The summed E-state index contributed by atoms with van der Waals surface area (Å²) in [5.41, 5.74) is -0.893. The second-order valence-electron chi connectivity index (χ2n) is 19.8. The minimum Gasteiger partial charge on any atom is -0.481 e. The third-order valence-corrected chi connectivity index (χ3v) is 16.8. The van der Waals surface area contributed by atoms with Crippen molar-refractivity contribution < 1.29 is 24.2 Å². The number of ether oxygens (including phenoxy) is 1. The Morgan fingerprint density at radius 2 is 1.47 bits per heavy atom. The van der Waals surface area contributed by atoms with Crippen LogP contribution in [0.1, 0.15) is 155 Å². The first kappa shape index (κ1) is 41.4. The quantitative estimate of drug-likeness (QED) is 0.167. The van der Waals surface area contributed by atoms with Crippen molar-refractivity contribution in [1.82, 2.24) is 10.2 Å². The summed E-state index contributed by atoms with van der Waals surface area (Å²) in [5, 5.41) is 13.2. The minimum absolute atomic E-state index is 0.0147. The van der Waals surface area contributed by atoms with Gasteiger partial charge >= 0.3 is 18.0 Å². The van der Waals surface area contributed by atoms with Crippen LogP contribution < -0.4 is 5.32 Å². The van der Waals surface area contributed by atoms with Gasteiger partial charge in [-0.1, -0.05) is 81.4 Å². The van der Waals surface area contributed by atoms with Crippen LogP contribution in [0.2, 0.25) is 0 Å². The van der Waals surface area contributed by atoms with Crippen molar-refractivity contribution in [3.8, 4) is 0 Å². The van der Waals surface area contributed by atoms with Gasteiger partial charge in [-0.2, -0.15) is 0 Å². The molecule has 0 bridgehead atoms. The van der Waals surface area contributed by atoms with E-state index in [0.717, 1.165) is 44.9 Å². The lowest BCUT2D eigenvalue weighted by atomic mass is 9.26. The largest absolute Gasteiger partial charge is 0.481 e. The Morgan fingerprint density at radius 1 is 0.898 bits per heavy atom. The maximum absolute atomic E-state index is 13.3. The van der Waals surface area contributed by atoms with E-state index in [-0.39, 0.29) is 62.5 Å². The lowest BCUT2D eigenvalue weighted by Crippen LogP contribution is -2.73. The van der Waals surface area contributed by atoms with E-state index in [1.807, 2.05) is 14.1 Å². The van der Waals surface area contributed by atoms with Crippen molar-refractivity contribution in [1.29, 1.82) is 0 Å². The van der Waals surface area contributed by atoms with Crippen molar-refractivity contribution in [2.24, 2.45) is 55.7 Å². The van der Waals surface area contributed by atoms with Crippen LogP contribution in [0, 0.1) is 55.7 Å².